The first-order valence-electron chi connectivity index (χ1n) is 5.31. The van der Waals surface area contributed by atoms with Crippen LogP contribution in [0.2, 0.25) is 4.34 Å². The van der Waals surface area contributed by atoms with Gasteiger partial charge in [0.05, 0.1) is 15.7 Å². The SMILES string of the molecule is Nc1cc(OCc2ccc(Cl)s2)ccc1NC(=O)O. The maximum Gasteiger partial charge on any atom is 0.409 e. The molecule has 2 rings (SSSR count). The minimum atomic E-state index is -1.16. The van der Waals surface area contributed by atoms with Gasteiger partial charge in [0.25, 0.3) is 0 Å². The van der Waals surface area contributed by atoms with Crippen molar-refractivity contribution >= 4 is 40.4 Å². The van der Waals surface area contributed by atoms with E-state index in [9.17, 15) is 4.79 Å². The minimum Gasteiger partial charge on any atom is -0.488 e. The van der Waals surface area contributed by atoms with Gasteiger partial charge in [-0.05, 0) is 24.3 Å². The lowest BCUT2D eigenvalue weighted by molar-refractivity contribution is 0.210. The second-order valence-electron chi connectivity index (χ2n) is 3.67. The largest absolute Gasteiger partial charge is 0.488 e. The third kappa shape index (κ3) is 3.77. The highest BCUT2D eigenvalue weighted by Crippen LogP contribution is 2.26. The van der Waals surface area contributed by atoms with E-state index in [0.29, 0.717) is 28.1 Å². The molecule has 0 fully saturated rings. The smallest absolute Gasteiger partial charge is 0.409 e. The lowest BCUT2D eigenvalue weighted by atomic mass is 10.2. The van der Waals surface area contributed by atoms with Crippen LogP contribution in [0.1, 0.15) is 4.88 Å². The van der Waals surface area contributed by atoms with Gasteiger partial charge in [0.2, 0.25) is 0 Å². The molecule has 0 unspecified atom stereocenters. The lowest BCUT2D eigenvalue weighted by Crippen LogP contribution is -2.09. The van der Waals surface area contributed by atoms with E-state index in [4.69, 9.17) is 27.2 Å². The Labute approximate surface area is 118 Å². The van der Waals surface area contributed by atoms with E-state index < -0.39 is 6.09 Å². The van der Waals surface area contributed by atoms with Gasteiger partial charge in [-0.25, -0.2) is 4.79 Å². The summed E-state index contributed by atoms with van der Waals surface area (Å²) in [6.07, 6.45) is -1.16. The molecule has 19 heavy (non-hydrogen) atoms. The fourth-order valence-electron chi connectivity index (χ4n) is 1.44. The molecule has 0 saturated heterocycles. The van der Waals surface area contributed by atoms with Gasteiger partial charge in [-0.3, -0.25) is 5.32 Å². The Morgan fingerprint density at radius 3 is 2.79 bits per heavy atom. The number of nitrogens with one attached hydrogen (secondary N) is 1. The van der Waals surface area contributed by atoms with Crippen molar-refractivity contribution in [3.8, 4) is 5.75 Å². The molecule has 0 aliphatic heterocycles. The predicted octanol–water partition coefficient (Wildman–Crippen LogP) is 3.65. The molecule has 4 N–H and O–H groups in total. The van der Waals surface area contributed by atoms with Crippen LogP contribution in [0.15, 0.2) is 30.3 Å². The van der Waals surface area contributed by atoms with Crippen LogP contribution in [0.4, 0.5) is 16.2 Å². The monoisotopic (exact) mass is 298 g/mol. The Kier molecular flexibility index (Phi) is 4.13. The topological polar surface area (TPSA) is 84.6 Å². The second-order valence-corrected chi connectivity index (χ2v) is 5.47. The molecule has 5 nitrogen and oxygen atoms in total. The maximum absolute atomic E-state index is 10.5. The second kappa shape index (κ2) is 5.81. The Balaban J connectivity index is 2.01. The van der Waals surface area contributed by atoms with Crippen LogP contribution in [-0.2, 0) is 6.61 Å². The number of rotatable bonds is 4. The molecule has 7 heteroatoms. The minimum absolute atomic E-state index is 0.309. The summed E-state index contributed by atoms with van der Waals surface area (Å²) in [5.74, 6) is 0.568. The van der Waals surface area contributed by atoms with Gasteiger partial charge >= 0.3 is 6.09 Å². The van der Waals surface area contributed by atoms with Crippen molar-refractivity contribution in [3.05, 3.63) is 39.5 Å². The quantitative estimate of drug-likeness (QED) is 0.752. The molecule has 0 spiro atoms. The molecule has 2 aromatic rings. The highest BCUT2D eigenvalue weighted by Gasteiger charge is 2.05. The van der Waals surface area contributed by atoms with Gasteiger partial charge in [-0.2, -0.15) is 0 Å². The molecule has 1 heterocycles. The first kappa shape index (κ1) is 13.5. The number of nitrogens with two attached hydrogens (primary N) is 1. The Bertz CT molecular complexity index is 600. The lowest BCUT2D eigenvalue weighted by Gasteiger charge is -2.09. The van der Waals surface area contributed by atoms with E-state index in [1.54, 1.807) is 24.3 Å². The first-order chi connectivity index (χ1) is 9.04. The molecular formula is C12H11ClN2O3S. The highest BCUT2D eigenvalue weighted by molar-refractivity contribution is 7.16. The number of anilines is 2. The molecule has 0 bridgehead atoms. The highest BCUT2D eigenvalue weighted by atomic mass is 35.5. The van der Waals surface area contributed by atoms with E-state index in [0.717, 1.165) is 4.88 Å². The number of hydrogen-bond acceptors (Lipinski definition) is 4. The maximum atomic E-state index is 10.5. The number of amides is 1. The van der Waals surface area contributed by atoms with Crippen molar-refractivity contribution in [3.63, 3.8) is 0 Å². The molecule has 0 radical (unpaired) electrons. The summed E-state index contributed by atoms with van der Waals surface area (Å²) in [4.78, 5) is 11.5. The molecule has 0 aliphatic rings. The predicted molar refractivity (Wildman–Crippen MR) is 76.2 cm³/mol. The van der Waals surface area contributed by atoms with Crippen LogP contribution in [0.5, 0.6) is 5.75 Å². The van der Waals surface area contributed by atoms with Gasteiger partial charge in [0, 0.05) is 10.9 Å². The van der Waals surface area contributed by atoms with Crippen LogP contribution in [0, 0.1) is 0 Å². The Morgan fingerprint density at radius 2 is 2.21 bits per heavy atom. The summed E-state index contributed by atoms with van der Waals surface area (Å²) in [7, 11) is 0. The summed E-state index contributed by atoms with van der Waals surface area (Å²) in [5.41, 5.74) is 6.36. The molecule has 1 aromatic heterocycles. The third-order valence-electron chi connectivity index (χ3n) is 2.27. The zero-order valence-electron chi connectivity index (χ0n) is 9.72. The number of carboxylic acid groups (broad SMARTS) is 1. The molecule has 0 atom stereocenters. The molecule has 1 amide bonds. The van der Waals surface area contributed by atoms with Crippen LogP contribution in [0.3, 0.4) is 0 Å². The summed E-state index contributed by atoms with van der Waals surface area (Å²) in [6.45, 7) is 0.391. The van der Waals surface area contributed by atoms with Crippen LogP contribution in [-0.4, -0.2) is 11.2 Å². The normalized spacial score (nSPS) is 10.2. The average Bonchev–Trinajstić information content (AvgIpc) is 2.75. The van der Waals surface area contributed by atoms with Gasteiger partial charge in [0.1, 0.15) is 12.4 Å². The number of hydrogen-bond donors (Lipinski definition) is 3. The zero-order chi connectivity index (χ0) is 13.8. The molecule has 0 saturated carbocycles. The van der Waals surface area contributed by atoms with Crippen molar-refractivity contribution in [2.75, 3.05) is 11.1 Å². The molecular weight excluding hydrogens is 288 g/mol. The summed E-state index contributed by atoms with van der Waals surface area (Å²) >= 11 is 7.26. The molecule has 1 aromatic carbocycles. The molecule has 100 valence electrons. The third-order valence-corrected chi connectivity index (χ3v) is 3.48. The summed E-state index contributed by atoms with van der Waals surface area (Å²) in [5, 5.41) is 10.8. The number of carbonyl (C=O) groups is 1. The van der Waals surface area contributed by atoms with Gasteiger partial charge in [0.15, 0.2) is 0 Å². The van der Waals surface area contributed by atoms with E-state index in [1.807, 2.05) is 6.07 Å². The summed E-state index contributed by atoms with van der Waals surface area (Å²) in [6, 6.07) is 8.47. The zero-order valence-corrected chi connectivity index (χ0v) is 11.3. The van der Waals surface area contributed by atoms with E-state index in [2.05, 4.69) is 5.32 Å². The van der Waals surface area contributed by atoms with Crippen molar-refractivity contribution < 1.29 is 14.6 Å². The van der Waals surface area contributed by atoms with E-state index in [1.165, 1.54) is 11.3 Å². The Hall–Kier alpha value is -1.92. The van der Waals surface area contributed by atoms with Crippen LogP contribution in [0.25, 0.3) is 0 Å². The van der Waals surface area contributed by atoms with E-state index >= 15 is 0 Å². The number of ether oxygens (including phenoxy) is 1. The fraction of sp³-hybridized carbons (Fsp3) is 0.0833. The van der Waals surface area contributed by atoms with E-state index in [-0.39, 0.29) is 0 Å². The van der Waals surface area contributed by atoms with Gasteiger partial charge in [-0.1, -0.05) is 11.6 Å². The first-order valence-corrected chi connectivity index (χ1v) is 6.50. The Morgan fingerprint density at radius 1 is 1.42 bits per heavy atom. The average molecular weight is 299 g/mol. The fourth-order valence-corrected chi connectivity index (χ4v) is 2.44. The van der Waals surface area contributed by atoms with Crippen molar-refractivity contribution in [2.45, 2.75) is 6.61 Å². The summed E-state index contributed by atoms with van der Waals surface area (Å²) < 4.78 is 6.25. The van der Waals surface area contributed by atoms with Crippen molar-refractivity contribution in [1.29, 1.82) is 0 Å². The number of nitrogen functional groups attached to an aromatic ring is 1. The van der Waals surface area contributed by atoms with Crippen molar-refractivity contribution in [2.24, 2.45) is 0 Å². The van der Waals surface area contributed by atoms with Gasteiger partial charge < -0.3 is 15.6 Å². The van der Waals surface area contributed by atoms with Crippen LogP contribution < -0.4 is 15.8 Å². The number of benzene rings is 1. The van der Waals surface area contributed by atoms with Crippen molar-refractivity contribution in [1.82, 2.24) is 0 Å². The molecule has 0 aliphatic carbocycles. The number of thiophene rings is 1. The van der Waals surface area contributed by atoms with Gasteiger partial charge in [-0.15, -0.1) is 11.3 Å². The standard InChI is InChI=1S/C12H11ClN2O3S/c13-11-4-2-8(19-11)6-18-7-1-3-10(9(14)5-7)15-12(16)17/h1-5,15H,6,14H2,(H,16,17). The number of halogens is 1. The van der Waals surface area contributed by atoms with Crippen LogP contribution >= 0.6 is 22.9 Å².